The Balaban J connectivity index is 1.91. The molecule has 3 aliphatic heterocycles. The highest BCUT2D eigenvalue weighted by molar-refractivity contribution is 5.14. The number of hydrogen-bond donors (Lipinski definition) is 0. The second-order valence-electron chi connectivity index (χ2n) is 5.12. The van der Waals surface area contributed by atoms with E-state index >= 15 is 0 Å². The second-order valence-corrected chi connectivity index (χ2v) is 5.12. The Hall–Kier alpha value is -0.160. The molecule has 3 rings (SSSR count). The average Bonchev–Trinajstić information content (AvgIpc) is 2.76. The SMILES string of the molecule is COC1OC2C3OC(C(C)C3C)C2(C)O1. The van der Waals surface area contributed by atoms with Crippen LogP contribution in [0.25, 0.3) is 0 Å². The normalized spacial score (nSPS) is 62.4. The molecule has 7 atom stereocenters. The van der Waals surface area contributed by atoms with E-state index in [-0.39, 0.29) is 23.9 Å². The number of hydrogen-bond acceptors (Lipinski definition) is 4. The molecule has 0 aliphatic carbocycles. The first-order valence-electron chi connectivity index (χ1n) is 5.59. The topological polar surface area (TPSA) is 36.9 Å². The largest absolute Gasteiger partial charge is 0.368 e. The standard InChI is InChI=1S/C11H18O4/c1-5-6(2)8-11(3)9(7(5)13-8)14-10(12-4)15-11/h5-10H,1-4H3. The molecule has 0 N–H and O–H groups in total. The maximum Gasteiger partial charge on any atom is 0.272 e. The van der Waals surface area contributed by atoms with Crippen molar-refractivity contribution in [2.45, 2.75) is 51.2 Å². The Kier molecular flexibility index (Phi) is 1.97. The van der Waals surface area contributed by atoms with E-state index < -0.39 is 6.48 Å². The van der Waals surface area contributed by atoms with Gasteiger partial charge in [-0.1, -0.05) is 13.8 Å². The Morgan fingerprint density at radius 2 is 1.80 bits per heavy atom. The minimum Gasteiger partial charge on any atom is -0.368 e. The zero-order valence-electron chi connectivity index (χ0n) is 9.60. The molecule has 86 valence electrons. The van der Waals surface area contributed by atoms with Gasteiger partial charge >= 0.3 is 0 Å². The lowest BCUT2D eigenvalue weighted by Gasteiger charge is -2.35. The van der Waals surface area contributed by atoms with Crippen LogP contribution in [0.3, 0.4) is 0 Å². The van der Waals surface area contributed by atoms with E-state index in [1.54, 1.807) is 7.11 Å². The van der Waals surface area contributed by atoms with E-state index in [2.05, 4.69) is 20.8 Å². The number of fused-ring (bicyclic) bond motifs is 5. The van der Waals surface area contributed by atoms with Gasteiger partial charge in [0.2, 0.25) is 0 Å². The third-order valence-electron chi connectivity index (χ3n) is 4.36. The fourth-order valence-electron chi connectivity index (χ4n) is 3.29. The molecule has 3 heterocycles. The predicted molar refractivity (Wildman–Crippen MR) is 52.1 cm³/mol. The van der Waals surface area contributed by atoms with Gasteiger partial charge < -0.3 is 18.9 Å². The summed E-state index contributed by atoms with van der Waals surface area (Å²) >= 11 is 0. The summed E-state index contributed by atoms with van der Waals surface area (Å²) in [5, 5.41) is 0. The molecule has 2 bridgehead atoms. The van der Waals surface area contributed by atoms with E-state index in [9.17, 15) is 0 Å². The van der Waals surface area contributed by atoms with E-state index in [0.717, 1.165) is 0 Å². The lowest BCUT2D eigenvalue weighted by Crippen LogP contribution is -2.52. The van der Waals surface area contributed by atoms with Crippen molar-refractivity contribution in [1.82, 2.24) is 0 Å². The van der Waals surface area contributed by atoms with Gasteiger partial charge in [-0.25, -0.2) is 0 Å². The zero-order chi connectivity index (χ0) is 10.8. The van der Waals surface area contributed by atoms with Crippen LogP contribution < -0.4 is 0 Å². The van der Waals surface area contributed by atoms with Gasteiger partial charge in [0.15, 0.2) is 0 Å². The van der Waals surface area contributed by atoms with E-state index in [0.29, 0.717) is 11.8 Å². The van der Waals surface area contributed by atoms with Gasteiger partial charge in [-0.3, -0.25) is 0 Å². The van der Waals surface area contributed by atoms with Gasteiger partial charge in [-0.2, -0.15) is 0 Å². The fourth-order valence-corrected chi connectivity index (χ4v) is 3.29. The van der Waals surface area contributed by atoms with Crippen LogP contribution in [0.2, 0.25) is 0 Å². The molecule has 0 amide bonds. The molecule has 3 saturated heterocycles. The summed E-state index contributed by atoms with van der Waals surface area (Å²) in [6.45, 7) is 5.99. The Labute approximate surface area is 89.8 Å². The molecule has 3 aliphatic rings. The van der Waals surface area contributed by atoms with Crippen molar-refractivity contribution in [1.29, 1.82) is 0 Å². The van der Waals surface area contributed by atoms with E-state index in [1.807, 2.05) is 0 Å². The van der Waals surface area contributed by atoms with Crippen molar-refractivity contribution in [3.8, 4) is 0 Å². The first-order chi connectivity index (χ1) is 7.08. The zero-order valence-corrected chi connectivity index (χ0v) is 9.60. The van der Waals surface area contributed by atoms with Gasteiger partial charge in [0, 0.05) is 7.11 Å². The van der Waals surface area contributed by atoms with Crippen LogP contribution in [0.1, 0.15) is 20.8 Å². The van der Waals surface area contributed by atoms with Crippen molar-refractivity contribution in [2.24, 2.45) is 11.8 Å². The van der Waals surface area contributed by atoms with Crippen LogP contribution >= 0.6 is 0 Å². The van der Waals surface area contributed by atoms with E-state index in [4.69, 9.17) is 18.9 Å². The number of ether oxygens (including phenoxy) is 4. The van der Waals surface area contributed by atoms with Crippen LogP contribution in [0.15, 0.2) is 0 Å². The quantitative estimate of drug-likeness (QED) is 0.656. The molecule has 0 aromatic carbocycles. The molecule has 3 fully saturated rings. The Bertz CT molecular complexity index is 282. The molecular formula is C11H18O4. The predicted octanol–water partition coefficient (Wildman–Crippen LogP) is 1.14. The van der Waals surface area contributed by atoms with Crippen molar-refractivity contribution >= 4 is 0 Å². The highest BCUT2D eigenvalue weighted by atomic mass is 16.9. The van der Waals surface area contributed by atoms with Gasteiger partial charge in [0.25, 0.3) is 6.48 Å². The van der Waals surface area contributed by atoms with Crippen molar-refractivity contribution in [3.63, 3.8) is 0 Å². The second kappa shape index (κ2) is 2.94. The van der Waals surface area contributed by atoms with Crippen LogP contribution in [0.5, 0.6) is 0 Å². The maximum atomic E-state index is 5.95. The molecule has 4 nitrogen and oxygen atoms in total. The average molecular weight is 214 g/mol. The third-order valence-corrected chi connectivity index (χ3v) is 4.36. The maximum absolute atomic E-state index is 5.95. The number of rotatable bonds is 1. The summed E-state index contributed by atoms with van der Waals surface area (Å²) in [5.74, 6) is 1.06. The van der Waals surface area contributed by atoms with Crippen LogP contribution in [0, 0.1) is 11.8 Å². The summed E-state index contributed by atoms with van der Waals surface area (Å²) < 4.78 is 22.6. The van der Waals surface area contributed by atoms with Gasteiger partial charge in [-0.15, -0.1) is 0 Å². The first-order valence-corrected chi connectivity index (χ1v) is 5.59. The highest BCUT2D eigenvalue weighted by Crippen LogP contribution is 2.54. The van der Waals surface area contributed by atoms with Crippen LogP contribution in [-0.4, -0.2) is 37.5 Å². The minimum absolute atomic E-state index is 0.0265. The molecule has 0 aromatic rings. The molecule has 0 aromatic heterocycles. The Morgan fingerprint density at radius 3 is 2.47 bits per heavy atom. The van der Waals surface area contributed by atoms with Crippen molar-refractivity contribution in [3.05, 3.63) is 0 Å². The molecule has 7 unspecified atom stereocenters. The number of methoxy groups -OCH3 is 1. The molecular weight excluding hydrogens is 196 g/mol. The summed E-state index contributed by atoms with van der Waals surface area (Å²) in [6, 6.07) is 0. The fraction of sp³-hybridized carbons (Fsp3) is 1.00. The van der Waals surface area contributed by atoms with E-state index in [1.165, 1.54) is 0 Å². The summed E-state index contributed by atoms with van der Waals surface area (Å²) in [7, 11) is 1.60. The monoisotopic (exact) mass is 214 g/mol. The lowest BCUT2D eigenvalue weighted by atomic mass is 9.72. The van der Waals surface area contributed by atoms with Gasteiger partial charge in [-0.05, 0) is 18.8 Å². The minimum atomic E-state index is -0.522. The van der Waals surface area contributed by atoms with Crippen molar-refractivity contribution < 1.29 is 18.9 Å². The first kappa shape index (κ1) is 10.0. The molecule has 4 heteroatoms. The summed E-state index contributed by atoms with van der Waals surface area (Å²) in [5.41, 5.74) is -0.322. The summed E-state index contributed by atoms with van der Waals surface area (Å²) in [4.78, 5) is 0. The summed E-state index contributed by atoms with van der Waals surface area (Å²) in [6.07, 6.45) is 0.330. The highest BCUT2D eigenvalue weighted by Gasteiger charge is 2.68. The van der Waals surface area contributed by atoms with Gasteiger partial charge in [0.05, 0.1) is 12.2 Å². The molecule has 15 heavy (non-hydrogen) atoms. The smallest absolute Gasteiger partial charge is 0.272 e. The van der Waals surface area contributed by atoms with Crippen LogP contribution in [-0.2, 0) is 18.9 Å². The Morgan fingerprint density at radius 1 is 1.07 bits per heavy atom. The molecule has 0 saturated carbocycles. The molecule has 0 spiro atoms. The molecule has 0 radical (unpaired) electrons. The third kappa shape index (κ3) is 1.06. The lowest BCUT2D eigenvalue weighted by molar-refractivity contribution is -0.257. The van der Waals surface area contributed by atoms with Crippen molar-refractivity contribution in [2.75, 3.05) is 7.11 Å². The van der Waals surface area contributed by atoms with Crippen LogP contribution in [0.4, 0.5) is 0 Å². The van der Waals surface area contributed by atoms with Gasteiger partial charge in [0.1, 0.15) is 11.7 Å².